The minimum Gasteiger partial charge on any atom is -0.497 e. The maximum atomic E-state index is 13.4. The molecule has 5 nitrogen and oxygen atoms in total. The first-order valence-corrected chi connectivity index (χ1v) is 9.32. The molecular weight excluding hydrogens is 409 g/mol. The van der Waals surface area contributed by atoms with E-state index in [9.17, 15) is 14.0 Å². The highest BCUT2D eigenvalue weighted by Gasteiger charge is 2.19. The highest BCUT2D eigenvalue weighted by atomic mass is 35.5. The van der Waals surface area contributed by atoms with Gasteiger partial charge in [-0.05, 0) is 60.2 Å². The lowest BCUT2D eigenvalue weighted by molar-refractivity contribution is 0.102. The predicted molar refractivity (Wildman–Crippen MR) is 114 cm³/mol. The van der Waals surface area contributed by atoms with Crippen molar-refractivity contribution in [3.63, 3.8) is 0 Å². The molecule has 3 aromatic carbocycles. The lowest BCUT2D eigenvalue weighted by atomic mass is 10.0. The SMILES string of the molecule is COc1ccc(C(=O)Nc2oc3ccc(Cl)cc3c(=O)c2-c2ccc(F)cc2)cc1. The van der Waals surface area contributed by atoms with E-state index in [4.69, 9.17) is 20.8 Å². The molecule has 0 unspecified atom stereocenters. The van der Waals surface area contributed by atoms with Gasteiger partial charge in [0.05, 0.1) is 18.1 Å². The van der Waals surface area contributed by atoms with Crippen LogP contribution in [0.4, 0.5) is 10.3 Å². The number of rotatable bonds is 4. The zero-order valence-corrected chi connectivity index (χ0v) is 16.5. The van der Waals surface area contributed by atoms with Crippen molar-refractivity contribution in [2.45, 2.75) is 0 Å². The second-order valence-electron chi connectivity index (χ2n) is 6.47. The Morgan fingerprint density at radius 2 is 1.73 bits per heavy atom. The van der Waals surface area contributed by atoms with E-state index in [-0.39, 0.29) is 22.4 Å². The smallest absolute Gasteiger partial charge is 0.257 e. The number of benzene rings is 3. The molecule has 1 aromatic heterocycles. The Morgan fingerprint density at radius 3 is 2.40 bits per heavy atom. The number of fused-ring (bicyclic) bond motifs is 1. The second-order valence-corrected chi connectivity index (χ2v) is 6.90. The van der Waals surface area contributed by atoms with Crippen LogP contribution in [0.2, 0.25) is 5.02 Å². The van der Waals surface area contributed by atoms with E-state index < -0.39 is 17.2 Å². The third-order valence-corrected chi connectivity index (χ3v) is 4.80. The van der Waals surface area contributed by atoms with Gasteiger partial charge in [0.25, 0.3) is 5.91 Å². The van der Waals surface area contributed by atoms with Crippen molar-refractivity contribution < 1.29 is 18.3 Å². The van der Waals surface area contributed by atoms with E-state index in [2.05, 4.69) is 5.32 Å². The van der Waals surface area contributed by atoms with Crippen LogP contribution in [0.15, 0.2) is 75.9 Å². The van der Waals surface area contributed by atoms with E-state index in [1.54, 1.807) is 36.4 Å². The number of carbonyl (C=O) groups excluding carboxylic acids is 1. The average molecular weight is 424 g/mol. The fourth-order valence-electron chi connectivity index (χ4n) is 3.05. The Bertz CT molecular complexity index is 1300. The monoisotopic (exact) mass is 423 g/mol. The van der Waals surface area contributed by atoms with Gasteiger partial charge < -0.3 is 9.15 Å². The normalized spacial score (nSPS) is 10.8. The van der Waals surface area contributed by atoms with Crippen LogP contribution >= 0.6 is 11.6 Å². The Balaban J connectivity index is 1.85. The first-order valence-electron chi connectivity index (χ1n) is 8.94. The Kier molecular flexibility index (Phi) is 5.25. The lowest BCUT2D eigenvalue weighted by Gasteiger charge is -2.12. The Hall–Kier alpha value is -3.64. The molecule has 0 saturated heterocycles. The number of methoxy groups -OCH3 is 1. The van der Waals surface area contributed by atoms with Crippen molar-refractivity contribution in [3.05, 3.63) is 93.4 Å². The van der Waals surface area contributed by atoms with E-state index in [0.29, 0.717) is 21.9 Å². The average Bonchev–Trinajstić information content (AvgIpc) is 2.75. The molecule has 0 spiro atoms. The molecule has 30 heavy (non-hydrogen) atoms. The van der Waals surface area contributed by atoms with Gasteiger partial charge in [-0.1, -0.05) is 23.7 Å². The zero-order chi connectivity index (χ0) is 21.3. The molecule has 0 bridgehead atoms. The van der Waals surface area contributed by atoms with Gasteiger partial charge >= 0.3 is 0 Å². The highest BCUT2D eigenvalue weighted by Crippen LogP contribution is 2.30. The minimum atomic E-state index is -0.475. The molecule has 150 valence electrons. The molecular formula is C23H15ClFNO4. The summed E-state index contributed by atoms with van der Waals surface area (Å²) in [5, 5.41) is 3.28. The van der Waals surface area contributed by atoms with Crippen LogP contribution in [0.1, 0.15) is 10.4 Å². The summed E-state index contributed by atoms with van der Waals surface area (Å²) in [6.07, 6.45) is 0. The van der Waals surface area contributed by atoms with Crippen LogP contribution in [0.25, 0.3) is 22.1 Å². The van der Waals surface area contributed by atoms with Crippen LogP contribution in [0, 0.1) is 5.82 Å². The molecule has 4 rings (SSSR count). The maximum Gasteiger partial charge on any atom is 0.257 e. The largest absolute Gasteiger partial charge is 0.497 e. The van der Waals surface area contributed by atoms with Gasteiger partial charge in [0.2, 0.25) is 11.3 Å². The molecule has 0 aliphatic carbocycles. The fraction of sp³-hybridized carbons (Fsp3) is 0.0435. The fourth-order valence-corrected chi connectivity index (χ4v) is 3.22. The lowest BCUT2D eigenvalue weighted by Crippen LogP contribution is -2.16. The first kappa shape index (κ1) is 19.7. The van der Waals surface area contributed by atoms with Gasteiger partial charge in [0.15, 0.2) is 0 Å². The number of nitrogens with one attached hydrogen (secondary N) is 1. The third-order valence-electron chi connectivity index (χ3n) is 4.56. The van der Waals surface area contributed by atoms with Crippen molar-refractivity contribution in [3.8, 4) is 16.9 Å². The topological polar surface area (TPSA) is 68.5 Å². The Morgan fingerprint density at radius 1 is 1.03 bits per heavy atom. The van der Waals surface area contributed by atoms with Gasteiger partial charge in [-0.2, -0.15) is 0 Å². The summed E-state index contributed by atoms with van der Waals surface area (Å²) in [6, 6.07) is 16.4. The molecule has 1 heterocycles. The molecule has 0 aliphatic heterocycles. The van der Waals surface area contributed by atoms with Gasteiger partial charge in [-0.3, -0.25) is 14.9 Å². The van der Waals surface area contributed by atoms with Crippen molar-refractivity contribution in [1.82, 2.24) is 0 Å². The summed E-state index contributed by atoms with van der Waals surface area (Å²) >= 11 is 6.03. The minimum absolute atomic E-state index is 0.0396. The predicted octanol–water partition coefficient (Wildman–Crippen LogP) is 5.51. The van der Waals surface area contributed by atoms with Crippen LogP contribution in [0.3, 0.4) is 0 Å². The summed E-state index contributed by atoms with van der Waals surface area (Å²) in [4.78, 5) is 26.0. The van der Waals surface area contributed by atoms with Crippen LogP contribution < -0.4 is 15.5 Å². The van der Waals surface area contributed by atoms with E-state index in [1.165, 1.54) is 37.4 Å². The number of ether oxygens (including phenoxy) is 1. The molecule has 4 aromatic rings. The zero-order valence-electron chi connectivity index (χ0n) is 15.7. The molecule has 0 saturated carbocycles. The van der Waals surface area contributed by atoms with Crippen molar-refractivity contribution in [2.24, 2.45) is 0 Å². The summed E-state index contributed by atoms with van der Waals surface area (Å²) in [6.45, 7) is 0. The maximum absolute atomic E-state index is 13.4. The number of hydrogen-bond donors (Lipinski definition) is 1. The summed E-state index contributed by atoms with van der Waals surface area (Å²) in [7, 11) is 1.53. The van der Waals surface area contributed by atoms with Gasteiger partial charge in [-0.15, -0.1) is 0 Å². The molecule has 0 atom stereocenters. The molecule has 7 heteroatoms. The summed E-state index contributed by atoms with van der Waals surface area (Å²) in [5.74, 6) is -0.358. The Labute approximate surface area is 175 Å². The second kappa shape index (κ2) is 8.00. The van der Waals surface area contributed by atoms with Crippen LogP contribution in [0.5, 0.6) is 5.75 Å². The van der Waals surface area contributed by atoms with Crippen LogP contribution in [-0.2, 0) is 0 Å². The van der Waals surface area contributed by atoms with Crippen molar-refractivity contribution >= 4 is 34.4 Å². The molecule has 0 aliphatic rings. The summed E-state index contributed by atoms with van der Waals surface area (Å²) in [5.41, 5.74) is 0.721. The molecule has 0 fully saturated rings. The van der Waals surface area contributed by atoms with E-state index >= 15 is 0 Å². The van der Waals surface area contributed by atoms with Gasteiger partial charge in [-0.25, -0.2) is 4.39 Å². The van der Waals surface area contributed by atoms with Gasteiger partial charge in [0, 0.05) is 10.6 Å². The first-order chi connectivity index (χ1) is 14.5. The number of amides is 1. The molecule has 1 amide bonds. The number of halogens is 2. The van der Waals surface area contributed by atoms with E-state index in [0.717, 1.165) is 0 Å². The van der Waals surface area contributed by atoms with Crippen molar-refractivity contribution in [1.29, 1.82) is 0 Å². The quantitative estimate of drug-likeness (QED) is 0.469. The van der Waals surface area contributed by atoms with Crippen LogP contribution in [-0.4, -0.2) is 13.0 Å². The standard InChI is InChI=1S/C23H15ClFNO4/c1-29-17-9-4-14(5-10-17)22(28)26-23-20(13-2-7-16(25)8-3-13)21(27)18-12-15(24)6-11-19(18)30-23/h2-12H,1H3,(H,26,28). The van der Waals surface area contributed by atoms with E-state index in [1.807, 2.05) is 0 Å². The number of carbonyl (C=O) groups is 1. The number of anilines is 1. The van der Waals surface area contributed by atoms with Gasteiger partial charge in [0.1, 0.15) is 17.1 Å². The number of hydrogen-bond acceptors (Lipinski definition) is 4. The summed E-state index contributed by atoms with van der Waals surface area (Å²) < 4.78 is 24.3. The molecule has 1 N–H and O–H groups in total. The third kappa shape index (κ3) is 3.77. The van der Waals surface area contributed by atoms with Crippen molar-refractivity contribution in [2.75, 3.05) is 12.4 Å². The molecule has 0 radical (unpaired) electrons. The highest BCUT2D eigenvalue weighted by molar-refractivity contribution is 6.31.